The molecule has 4 heterocycles. The lowest BCUT2D eigenvalue weighted by Gasteiger charge is -2.38. The number of carbonyl (C=O) groups is 7. The van der Waals surface area contributed by atoms with Crippen molar-refractivity contribution in [3.05, 3.63) is 65.2 Å². The molecule has 4 saturated heterocycles. The van der Waals surface area contributed by atoms with Gasteiger partial charge in [-0.1, -0.05) is 17.7 Å². The number of aryl methyl sites for hydroxylation is 2. The summed E-state index contributed by atoms with van der Waals surface area (Å²) in [6, 6.07) is 7.52. The van der Waals surface area contributed by atoms with Crippen molar-refractivity contribution in [1.29, 1.82) is 0 Å². The summed E-state index contributed by atoms with van der Waals surface area (Å²) in [6.07, 6.45) is 4.59. The van der Waals surface area contributed by atoms with Crippen molar-refractivity contribution in [2.24, 2.45) is 5.73 Å². The van der Waals surface area contributed by atoms with Crippen molar-refractivity contribution in [2.75, 3.05) is 38.1 Å². The maximum Gasteiger partial charge on any atom is 0.328 e. The standard InChI is InChI=1S/C22H32N4O6.C10H13N3O2.C7H6F2/c1-14-20(29)26-12-5-8-17(26)22(31)32-13-9-18(27)24-11-4-7-16(24)21(30)25-10-3-2-6-15(25)19(28)23-14;1-7-2-4-8(5-3-7)13-10(15)12-6-9(11)14;1-5-2-6(8)4-7(9)3-5/h14-17H,2-13H2,1H3,(H,23,28);2-5H,6H2,1H3,(H2,11,14)(H2,12,13,15);2-4H,1H3. The minimum atomic E-state index is -0.813. The second-order valence-corrected chi connectivity index (χ2v) is 14.2. The van der Waals surface area contributed by atoms with Crippen LogP contribution in [0.1, 0.15) is 69.4 Å². The molecule has 56 heavy (non-hydrogen) atoms. The number of piperidine rings is 1. The third-order valence-electron chi connectivity index (χ3n) is 9.78. The van der Waals surface area contributed by atoms with E-state index in [0.717, 1.165) is 30.9 Å². The Balaban J connectivity index is 0.000000238. The van der Waals surface area contributed by atoms with Gasteiger partial charge in [-0.05, 0) is 95.5 Å². The summed E-state index contributed by atoms with van der Waals surface area (Å²) in [5, 5.41) is 7.66. The molecular weight excluding hydrogens is 732 g/mol. The highest BCUT2D eigenvalue weighted by Crippen LogP contribution is 2.26. The number of hydrogen-bond acceptors (Lipinski definition) is 8. The average molecular weight is 784 g/mol. The Labute approximate surface area is 324 Å². The van der Waals surface area contributed by atoms with E-state index in [2.05, 4.69) is 16.0 Å². The maximum atomic E-state index is 13.4. The van der Waals surface area contributed by atoms with Crippen LogP contribution >= 0.6 is 0 Å². The topological polar surface area (TPSA) is 201 Å². The molecule has 2 aromatic rings. The number of primary amides is 1. The van der Waals surface area contributed by atoms with Gasteiger partial charge in [0, 0.05) is 31.4 Å². The molecule has 15 nitrogen and oxygen atoms in total. The van der Waals surface area contributed by atoms with Crippen LogP contribution in [0.25, 0.3) is 0 Å². The number of benzene rings is 2. The van der Waals surface area contributed by atoms with Gasteiger partial charge in [0.1, 0.15) is 42.4 Å². The van der Waals surface area contributed by atoms with Gasteiger partial charge in [0.15, 0.2) is 0 Å². The maximum absolute atomic E-state index is 13.4. The Kier molecular flexibility index (Phi) is 15.7. The highest BCUT2D eigenvalue weighted by atomic mass is 19.1. The molecule has 0 aliphatic carbocycles. The number of halogens is 2. The Hall–Kier alpha value is -5.61. The van der Waals surface area contributed by atoms with Gasteiger partial charge in [-0.2, -0.15) is 0 Å². The molecule has 0 aromatic heterocycles. The summed E-state index contributed by atoms with van der Waals surface area (Å²) < 4.78 is 29.7. The zero-order valence-corrected chi connectivity index (χ0v) is 32.0. The SMILES string of the molecule is CC1NC(=O)C2CCCCN2C(=O)C2CCCN2C(=O)CCOC(=O)C2CCCN2C1=O.Cc1cc(F)cc(F)c1.Cc1ccc(NC(=O)NCC(N)=O)cc1. The number of amides is 7. The number of rotatable bonds is 3. The van der Waals surface area contributed by atoms with Gasteiger partial charge in [-0.25, -0.2) is 18.4 Å². The summed E-state index contributed by atoms with van der Waals surface area (Å²) >= 11 is 0. The Morgan fingerprint density at radius 2 is 1.38 bits per heavy atom. The van der Waals surface area contributed by atoms with Gasteiger partial charge in [0.2, 0.25) is 29.5 Å². The van der Waals surface area contributed by atoms with Crippen LogP contribution in [0.4, 0.5) is 19.3 Å². The molecule has 4 aliphatic heterocycles. The van der Waals surface area contributed by atoms with Crippen LogP contribution in [0.15, 0.2) is 42.5 Å². The quantitative estimate of drug-likeness (QED) is 0.341. The van der Waals surface area contributed by atoms with E-state index in [0.29, 0.717) is 56.6 Å². The number of esters is 1. The molecule has 304 valence electrons. The fourth-order valence-corrected chi connectivity index (χ4v) is 7.03. The molecule has 7 amide bonds. The number of carbonyl (C=O) groups excluding carboxylic acids is 7. The normalized spacial score (nSPS) is 22.9. The van der Waals surface area contributed by atoms with E-state index in [-0.39, 0.29) is 43.2 Å². The Morgan fingerprint density at radius 1 is 0.786 bits per heavy atom. The molecule has 2 aromatic carbocycles. The predicted octanol–water partition coefficient (Wildman–Crippen LogP) is 2.68. The van der Waals surface area contributed by atoms with Crippen LogP contribution in [-0.4, -0.2) is 113 Å². The van der Waals surface area contributed by atoms with E-state index in [1.54, 1.807) is 35.8 Å². The number of nitrogens with zero attached hydrogens (tertiary/aromatic N) is 3. The van der Waals surface area contributed by atoms with E-state index in [1.807, 2.05) is 19.1 Å². The van der Waals surface area contributed by atoms with E-state index >= 15 is 0 Å². The first-order chi connectivity index (χ1) is 26.6. The molecular formula is C39H51F2N7O8. The number of nitrogens with one attached hydrogen (secondary N) is 3. The predicted molar refractivity (Wildman–Crippen MR) is 200 cm³/mol. The van der Waals surface area contributed by atoms with Gasteiger partial charge in [-0.15, -0.1) is 0 Å². The molecule has 17 heteroatoms. The van der Waals surface area contributed by atoms with Crippen LogP contribution < -0.4 is 21.7 Å². The smallest absolute Gasteiger partial charge is 0.328 e. The van der Waals surface area contributed by atoms with Crippen LogP contribution in [0.2, 0.25) is 0 Å². The average Bonchev–Trinajstić information content (AvgIpc) is 3.85. The van der Waals surface area contributed by atoms with Gasteiger partial charge in [0.05, 0.1) is 13.0 Å². The molecule has 0 saturated carbocycles. The van der Waals surface area contributed by atoms with Crippen molar-refractivity contribution in [1.82, 2.24) is 25.3 Å². The first kappa shape index (κ1) is 43.1. The molecule has 0 spiro atoms. The van der Waals surface area contributed by atoms with E-state index < -0.39 is 53.7 Å². The van der Waals surface area contributed by atoms with Gasteiger partial charge < -0.3 is 41.1 Å². The number of cyclic esters (lactones) is 1. The van der Waals surface area contributed by atoms with Crippen LogP contribution in [0.5, 0.6) is 0 Å². The monoisotopic (exact) mass is 783 g/mol. The van der Waals surface area contributed by atoms with E-state index in [1.165, 1.54) is 17.0 Å². The number of ether oxygens (including phenoxy) is 1. The molecule has 4 fully saturated rings. The summed E-state index contributed by atoms with van der Waals surface area (Å²) in [5.74, 6) is -3.28. The molecule has 4 aliphatic rings. The number of nitrogens with two attached hydrogens (primary N) is 1. The molecule has 4 unspecified atom stereocenters. The summed E-state index contributed by atoms with van der Waals surface area (Å²) in [4.78, 5) is 91.1. The minimum Gasteiger partial charge on any atom is -0.464 e. The highest BCUT2D eigenvalue weighted by molar-refractivity contribution is 5.96. The zero-order valence-electron chi connectivity index (χ0n) is 32.0. The number of urea groups is 1. The number of fused-ring (bicyclic) bond motifs is 3. The highest BCUT2D eigenvalue weighted by Gasteiger charge is 2.43. The Bertz CT molecular complexity index is 1710. The second kappa shape index (κ2) is 20.3. The van der Waals surface area contributed by atoms with Crippen molar-refractivity contribution >= 4 is 47.2 Å². The third kappa shape index (κ3) is 12.2. The second-order valence-electron chi connectivity index (χ2n) is 14.2. The summed E-state index contributed by atoms with van der Waals surface area (Å²) in [5.41, 5.74) is 7.26. The minimum absolute atomic E-state index is 0.00347. The van der Waals surface area contributed by atoms with Crippen LogP contribution in [-0.2, 0) is 33.5 Å². The fraction of sp³-hybridized carbons (Fsp3) is 0.513. The third-order valence-corrected chi connectivity index (χ3v) is 9.78. The molecule has 5 N–H and O–H groups in total. The van der Waals surface area contributed by atoms with Gasteiger partial charge in [-0.3, -0.25) is 24.0 Å². The summed E-state index contributed by atoms with van der Waals surface area (Å²) in [6.45, 7) is 6.32. The summed E-state index contributed by atoms with van der Waals surface area (Å²) in [7, 11) is 0. The van der Waals surface area contributed by atoms with Gasteiger partial charge in [0.25, 0.3) is 0 Å². The number of anilines is 1. The van der Waals surface area contributed by atoms with Gasteiger partial charge >= 0.3 is 12.0 Å². The lowest BCUT2D eigenvalue weighted by molar-refractivity contribution is -0.156. The van der Waals surface area contributed by atoms with E-state index in [9.17, 15) is 42.3 Å². The van der Waals surface area contributed by atoms with Crippen LogP contribution in [0.3, 0.4) is 0 Å². The molecule has 0 radical (unpaired) electrons. The zero-order chi connectivity index (χ0) is 40.9. The largest absolute Gasteiger partial charge is 0.464 e. The van der Waals surface area contributed by atoms with Crippen molar-refractivity contribution in [3.8, 4) is 0 Å². The van der Waals surface area contributed by atoms with E-state index in [4.69, 9.17) is 10.5 Å². The van der Waals surface area contributed by atoms with Crippen molar-refractivity contribution in [2.45, 2.75) is 96.3 Å². The fourth-order valence-electron chi connectivity index (χ4n) is 7.03. The lowest BCUT2D eigenvalue weighted by Crippen LogP contribution is -2.59. The molecule has 4 atom stereocenters. The molecule has 6 rings (SSSR count). The lowest BCUT2D eigenvalue weighted by atomic mass is 9.99. The first-order valence-electron chi connectivity index (χ1n) is 18.8. The number of hydrogen-bond donors (Lipinski definition) is 4. The first-order valence-corrected chi connectivity index (χ1v) is 18.8. The Morgan fingerprint density at radius 3 is 2.02 bits per heavy atom. The van der Waals surface area contributed by atoms with Crippen molar-refractivity contribution in [3.63, 3.8) is 0 Å². The molecule has 0 bridgehead atoms. The van der Waals surface area contributed by atoms with Crippen LogP contribution in [0, 0.1) is 25.5 Å². The van der Waals surface area contributed by atoms with Crippen molar-refractivity contribution < 1.29 is 47.1 Å².